The molecule has 0 heterocycles. The van der Waals surface area contributed by atoms with Gasteiger partial charge >= 0.3 is 0 Å². The van der Waals surface area contributed by atoms with Gasteiger partial charge in [0.15, 0.2) is 11.5 Å². The summed E-state index contributed by atoms with van der Waals surface area (Å²) < 4.78 is 11.0. The van der Waals surface area contributed by atoms with Crippen LogP contribution >= 0.6 is 23.2 Å². The first kappa shape index (κ1) is 15.8. The number of benzene rings is 2. The van der Waals surface area contributed by atoms with Crippen molar-refractivity contribution in [1.82, 2.24) is 0 Å². The predicted octanol–water partition coefficient (Wildman–Crippen LogP) is 5.01. The Morgan fingerprint density at radius 2 is 1.90 bits per heavy atom. The van der Waals surface area contributed by atoms with E-state index in [1.54, 1.807) is 19.2 Å². The number of hydrogen-bond donors (Lipinski definition) is 1. The molecule has 0 atom stereocenters. The highest BCUT2D eigenvalue weighted by atomic mass is 35.5. The Hall–Kier alpha value is -1.58. The summed E-state index contributed by atoms with van der Waals surface area (Å²) in [6.07, 6.45) is 0. The lowest BCUT2D eigenvalue weighted by molar-refractivity contribution is 0.309. The Balaban J connectivity index is 2.15. The van der Waals surface area contributed by atoms with E-state index in [1.165, 1.54) is 0 Å². The van der Waals surface area contributed by atoms with E-state index < -0.39 is 0 Å². The second-order valence-corrected chi connectivity index (χ2v) is 5.18. The third-order valence-corrected chi connectivity index (χ3v) is 3.71. The Labute approximate surface area is 134 Å². The van der Waals surface area contributed by atoms with Gasteiger partial charge in [-0.1, -0.05) is 35.3 Å². The number of hydrogen-bond acceptors (Lipinski definition) is 3. The highest BCUT2D eigenvalue weighted by molar-refractivity contribution is 6.42. The van der Waals surface area contributed by atoms with E-state index in [4.69, 9.17) is 32.7 Å². The summed E-state index contributed by atoms with van der Waals surface area (Å²) in [5.74, 6) is 1.49. The van der Waals surface area contributed by atoms with Crippen LogP contribution in [0.1, 0.15) is 12.5 Å². The summed E-state index contributed by atoms with van der Waals surface area (Å²) in [6.45, 7) is 3.14. The Morgan fingerprint density at radius 1 is 1.10 bits per heavy atom. The minimum Gasteiger partial charge on any atom is -0.493 e. The Morgan fingerprint density at radius 3 is 2.57 bits per heavy atom. The molecule has 21 heavy (non-hydrogen) atoms. The van der Waals surface area contributed by atoms with Gasteiger partial charge in [0.1, 0.15) is 0 Å². The van der Waals surface area contributed by atoms with Crippen molar-refractivity contribution in [1.29, 1.82) is 0 Å². The summed E-state index contributed by atoms with van der Waals surface area (Å²) in [6, 6.07) is 11.3. The lowest BCUT2D eigenvalue weighted by Crippen LogP contribution is -2.04. The van der Waals surface area contributed by atoms with Crippen LogP contribution in [0.3, 0.4) is 0 Å². The summed E-state index contributed by atoms with van der Waals surface area (Å²) in [7, 11) is 1.64. The lowest BCUT2D eigenvalue weighted by atomic mass is 10.1. The SMILES string of the molecule is CCOc1cccc(CNc2ccc(Cl)c(Cl)c2)c1OC. The van der Waals surface area contributed by atoms with Crippen molar-refractivity contribution in [2.45, 2.75) is 13.5 Å². The number of ether oxygens (including phenoxy) is 2. The average molecular weight is 326 g/mol. The largest absolute Gasteiger partial charge is 0.493 e. The van der Waals surface area contributed by atoms with Crippen molar-refractivity contribution < 1.29 is 9.47 Å². The molecule has 0 radical (unpaired) electrons. The molecule has 0 fully saturated rings. The molecule has 0 spiro atoms. The standard InChI is InChI=1S/C16H17Cl2NO2/c1-3-21-15-6-4-5-11(16(15)20-2)10-19-12-7-8-13(17)14(18)9-12/h4-9,19H,3,10H2,1-2H3. The second kappa shape index (κ2) is 7.43. The van der Waals surface area contributed by atoms with E-state index in [1.807, 2.05) is 31.2 Å². The predicted molar refractivity (Wildman–Crippen MR) is 88.0 cm³/mol. The molecule has 2 aromatic carbocycles. The van der Waals surface area contributed by atoms with Crippen molar-refractivity contribution >= 4 is 28.9 Å². The lowest BCUT2D eigenvalue weighted by Gasteiger charge is -2.14. The number of methoxy groups -OCH3 is 1. The molecular weight excluding hydrogens is 309 g/mol. The molecule has 0 amide bonds. The summed E-state index contributed by atoms with van der Waals surface area (Å²) >= 11 is 11.9. The quantitative estimate of drug-likeness (QED) is 0.809. The zero-order chi connectivity index (χ0) is 15.2. The average Bonchev–Trinajstić information content (AvgIpc) is 2.49. The minimum atomic E-state index is 0.525. The van der Waals surface area contributed by atoms with E-state index in [0.717, 1.165) is 22.7 Å². The number of nitrogens with one attached hydrogen (secondary N) is 1. The van der Waals surface area contributed by atoms with Gasteiger partial charge in [-0.05, 0) is 31.2 Å². The van der Waals surface area contributed by atoms with Crippen LogP contribution in [0.5, 0.6) is 11.5 Å². The van der Waals surface area contributed by atoms with Gasteiger partial charge in [-0.2, -0.15) is 0 Å². The van der Waals surface area contributed by atoms with Gasteiger partial charge in [0.2, 0.25) is 0 Å². The van der Waals surface area contributed by atoms with Crippen LogP contribution in [0.2, 0.25) is 10.0 Å². The Bertz CT molecular complexity index is 617. The highest BCUT2D eigenvalue weighted by Gasteiger charge is 2.09. The molecule has 0 aliphatic rings. The molecule has 2 aromatic rings. The third kappa shape index (κ3) is 3.96. The van der Waals surface area contributed by atoms with E-state index in [2.05, 4.69) is 5.32 Å². The third-order valence-electron chi connectivity index (χ3n) is 2.97. The summed E-state index contributed by atoms with van der Waals surface area (Å²) in [5.41, 5.74) is 1.91. The second-order valence-electron chi connectivity index (χ2n) is 4.36. The maximum absolute atomic E-state index is 6.00. The first-order valence-corrected chi connectivity index (χ1v) is 7.39. The van der Waals surface area contributed by atoms with Gasteiger partial charge in [0, 0.05) is 17.8 Å². The molecule has 2 rings (SSSR count). The van der Waals surface area contributed by atoms with E-state index >= 15 is 0 Å². The fraction of sp³-hybridized carbons (Fsp3) is 0.250. The maximum atomic E-state index is 6.00. The molecule has 1 N–H and O–H groups in total. The minimum absolute atomic E-state index is 0.525. The molecular formula is C16H17Cl2NO2. The molecule has 5 heteroatoms. The van der Waals surface area contributed by atoms with Crippen LogP contribution in [-0.2, 0) is 6.54 Å². The van der Waals surface area contributed by atoms with Gasteiger partial charge in [-0.25, -0.2) is 0 Å². The van der Waals surface area contributed by atoms with Crippen LogP contribution in [-0.4, -0.2) is 13.7 Å². The highest BCUT2D eigenvalue weighted by Crippen LogP contribution is 2.32. The number of rotatable bonds is 6. The molecule has 0 saturated carbocycles. The summed E-state index contributed by atoms with van der Waals surface area (Å²) in [4.78, 5) is 0. The van der Waals surface area contributed by atoms with E-state index in [-0.39, 0.29) is 0 Å². The first-order chi connectivity index (χ1) is 10.2. The zero-order valence-corrected chi connectivity index (χ0v) is 13.5. The topological polar surface area (TPSA) is 30.5 Å². The zero-order valence-electron chi connectivity index (χ0n) is 12.0. The van der Waals surface area contributed by atoms with Crippen molar-refractivity contribution in [3.8, 4) is 11.5 Å². The van der Waals surface area contributed by atoms with Crippen LogP contribution in [0.4, 0.5) is 5.69 Å². The summed E-state index contributed by atoms with van der Waals surface area (Å²) in [5, 5.41) is 4.36. The molecule has 3 nitrogen and oxygen atoms in total. The van der Waals surface area contributed by atoms with Gasteiger partial charge in [0.05, 0.1) is 23.8 Å². The monoisotopic (exact) mass is 325 g/mol. The van der Waals surface area contributed by atoms with Crippen molar-refractivity contribution in [3.63, 3.8) is 0 Å². The van der Waals surface area contributed by atoms with Gasteiger partial charge in [-0.15, -0.1) is 0 Å². The normalized spacial score (nSPS) is 10.3. The van der Waals surface area contributed by atoms with E-state index in [9.17, 15) is 0 Å². The Kier molecular flexibility index (Phi) is 5.59. The van der Waals surface area contributed by atoms with Crippen LogP contribution in [0, 0.1) is 0 Å². The number of para-hydroxylation sites is 1. The van der Waals surface area contributed by atoms with E-state index in [0.29, 0.717) is 23.2 Å². The molecule has 112 valence electrons. The van der Waals surface area contributed by atoms with Crippen LogP contribution < -0.4 is 14.8 Å². The van der Waals surface area contributed by atoms with Crippen molar-refractivity contribution in [3.05, 3.63) is 52.0 Å². The molecule has 0 aliphatic heterocycles. The van der Waals surface area contributed by atoms with Gasteiger partial charge in [0.25, 0.3) is 0 Å². The molecule has 0 saturated heterocycles. The fourth-order valence-corrected chi connectivity index (χ4v) is 2.30. The van der Waals surface area contributed by atoms with Crippen molar-refractivity contribution in [2.75, 3.05) is 19.0 Å². The van der Waals surface area contributed by atoms with Crippen LogP contribution in [0.15, 0.2) is 36.4 Å². The maximum Gasteiger partial charge on any atom is 0.165 e. The first-order valence-electron chi connectivity index (χ1n) is 6.63. The van der Waals surface area contributed by atoms with Crippen molar-refractivity contribution in [2.24, 2.45) is 0 Å². The number of halogens is 2. The van der Waals surface area contributed by atoms with Gasteiger partial charge < -0.3 is 14.8 Å². The van der Waals surface area contributed by atoms with Crippen LogP contribution in [0.25, 0.3) is 0 Å². The number of anilines is 1. The molecule has 0 aromatic heterocycles. The molecule has 0 bridgehead atoms. The smallest absolute Gasteiger partial charge is 0.165 e. The fourth-order valence-electron chi connectivity index (χ4n) is 2.00. The van der Waals surface area contributed by atoms with Gasteiger partial charge in [-0.3, -0.25) is 0 Å². The molecule has 0 unspecified atom stereocenters. The molecule has 0 aliphatic carbocycles.